The number of carbonyl (C=O) groups is 1. The average Bonchev–Trinajstić information content (AvgIpc) is 3.26. The second kappa shape index (κ2) is 42.6. The number of aliphatic hydroxyl groups is 5. The number of hydrogen-bond acceptors (Lipinski definition) is 8. The molecule has 0 radical (unpaired) electrons. The zero-order valence-corrected chi connectivity index (χ0v) is 39.7. The van der Waals surface area contributed by atoms with Crippen molar-refractivity contribution in [1.82, 2.24) is 5.32 Å². The van der Waals surface area contributed by atoms with Gasteiger partial charge in [0.2, 0.25) is 5.91 Å². The minimum Gasteiger partial charge on any atom is -0.394 e. The summed E-state index contributed by atoms with van der Waals surface area (Å²) < 4.78 is 11.2. The predicted octanol–water partition coefficient (Wildman–Crippen LogP) is 11.8. The molecule has 1 aliphatic heterocycles. The van der Waals surface area contributed by atoms with Crippen molar-refractivity contribution in [2.24, 2.45) is 0 Å². The van der Waals surface area contributed by atoms with E-state index in [0.717, 1.165) is 38.5 Å². The zero-order chi connectivity index (χ0) is 44.4. The fourth-order valence-corrected chi connectivity index (χ4v) is 8.33. The van der Waals surface area contributed by atoms with Gasteiger partial charge in [-0.15, -0.1) is 0 Å². The summed E-state index contributed by atoms with van der Waals surface area (Å²) in [6.07, 6.45) is 45.1. The van der Waals surface area contributed by atoms with Gasteiger partial charge in [-0.3, -0.25) is 4.79 Å². The third-order valence-electron chi connectivity index (χ3n) is 12.5. The summed E-state index contributed by atoms with van der Waals surface area (Å²) in [5.74, 6) is -0.175. The molecule has 0 bridgehead atoms. The molecule has 360 valence electrons. The molecule has 7 atom stereocenters. The molecule has 1 heterocycles. The lowest BCUT2D eigenvalue weighted by molar-refractivity contribution is -0.302. The molecule has 1 saturated heterocycles. The second-order valence-electron chi connectivity index (χ2n) is 18.3. The molecule has 61 heavy (non-hydrogen) atoms. The molecule has 1 fully saturated rings. The van der Waals surface area contributed by atoms with Crippen LogP contribution in [0.4, 0.5) is 0 Å². The lowest BCUT2D eigenvalue weighted by Gasteiger charge is -2.40. The molecule has 1 amide bonds. The number of amides is 1. The minimum atomic E-state index is -1.56. The van der Waals surface area contributed by atoms with Crippen LogP contribution in [-0.2, 0) is 14.3 Å². The lowest BCUT2D eigenvalue weighted by Crippen LogP contribution is -2.60. The Bertz CT molecular complexity index is 1010. The van der Waals surface area contributed by atoms with Crippen molar-refractivity contribution >= 4 is 5.91 Å². The van der Waals surface area contributed by atoms with Crippen LogP contribution in [0.2, 0.25) is 0 Å². The Balaban J connectivity index is 2.25. The van der Waals surface area contributed by atoms with Gasteiger partial charge in [0.15, 0.2) is 6.29 Å². The molecule has 2 unspecified atom stereocenters. The fraction of sp³-hybridized carbons (Fsp3) is 0.904. The standard InChI is InChI=1S/C52H99NO8/c1-3-5-7-9-11-13-15-17-19-20-21-22-23-24-25-26-28-30-32-34-36-38-40-42-48(56)53-45(44-60-52-51(59)50(58)49(57)47(43-54)61-52)46(55)41-39-37-35-33-31-29-27-18-16-14-12-10-8-6-4-2/h17,19,39,41,45-47,49-52,54-55,57-59H,3-16,18,20-38,40,42-44H2,1-2H3,(H,53,56)/b19-17+,41-39+/t45-,46+,47-,49-,50?,51?,52-/m0/s1. The van der Waals surface area contributed by atoms with Gasteiger partial charge < -0.3 is 40.3 Å². The molecule has 6 N–H and O–H groups in total. The number of unbranched alkanes of at least 4 members (excludes halogenated alkanes) is 32. The minimum absolute atomic E-state index is 0.175. The number of aliphatic hydroxyl groups excluding tert-OH is 5. The van der Waals surface area contributed by atoms with Gasteiger partial charge in [-0.05, 0) is 44.9 Å². The summed E-state index contributed by atoms with van der Waals surface area (Å²) in [7, 11) is 0. The quantitative estimate of drug-likeness (QED) is 0.0262. The second-order valence-corrected chi connectivity index (χ2v) is 18.3. The van der Waals surface area contributed by atoms with Gasteiger partial charge in [0.25, 0.3) is 0 Å². The maximum absolute atomic E-state index is 13.0. The van der Waals surface area contributed by atoms with Crippen LogP contribution >= 0.6 is 0 Å². The number of nitrogens with one attached hydrogen (secondary N) is 1. The Kier molecular flexibility index (Phi) is 40.3. The Labute approximate surface area is 375 Å². The Morgan fingerprint density at radius 1 is 0.541 bits per heavy atom. The van der Waals surface area contributed by atoms with Gasteiger partial charge in [0, 0.05) is 6.42 Å². The first kappa shape index (κ1) is 57.7. The normalized spacial score (nSPS) is 20.5. The number of carbonyl (C=O) groups excluding carboxylic acids is 1. The van der Waals surface area contributed by atoms with Crippen LogP contribution in [0, 0.1) is 0 Å². The first-order chi connectivity index (χ1) is 29.8. The van der Waals surface area contributed by atoms with Crippen molar-refractivity contribution < 1.29 is 39.8 Å². The zero-order valence-electron chi connectivity index (χ0n) is 39.7. The van der Waals surface area contributed by atoms with Gasteiger partial charge in [0.1, 0.15) is 24.4 Å². The van der Waals surface area contributed by atoms with Crippen molar-refractivity contribution in [2.75, 3.05) is 13.2 Å². The van der Waals surface area contributed by atoms with Crippen LogP contribution in [0.3, 0.4) is 0 Å². The molecule has 0 spiro atoms. The summed E-state index contributed by atoms with van der Waals surface area (Å²) in [6.45, 7) is 3.79. The molecular formula is C52H99NO8. The van der Waals surface area contributed by atoms with Crippen LogP contribution in [0.15, 0.2) is 24.3 Å². The van der Waals surface area contributed by atoms with Crippen LogP contribution in [0.5, 0.6) is 0 Å². The highest BCUT2D eigenvalue weighted by Crippen LogP contribution is 2.23. The van der Waals surface area contributed by atoms with Crippen molar-refractivity contribution in [1.29, 1.82) is 0 Å². The Morgan fingerprint density at radius 2 is 0.918 bits per heavy atom. The highest BCUT2D eigenvalue weighted by molar-refractivity contribution is 5.76. The first-order valence-corrected chi connectivity index (χ1v) is 26.1. The molecule has 0 aromatic rings. The van der Waals surface area contributed by atoms with E-state index in [0.29, 0.717) is 6.42 Å². The fourth-order valence-electron chi connectivity index (χ4n) is 8.33. The van der Waals surface area contributed by atoms with Gasteiger partial charge in [-0.2, -0.15) is 0 Å². The third kappa shape index (κ3) is 32.9. The van der Waals surface area contributed by atoms with Crippen molar-refractivity contribution in [3.63, 3.8) is 0 Å². The number of allylic oxidation sites excluding steroid dienone is 3. The largest absolute Gasteiger partial charge is 0.394 e. The van der Waals surface area contributed by atoms with Crippen molar-refractivity contribution in [2.45, 2.75) is 288 Å². The molecule has 1 aliphatic rings. The van der Waals surface area contributed by atoms with E-state index in [2.05, 4.69) is 31.3 Å². The molecule has 9 nitrogen and oxygen atoms in total. The SMILES string of the molecule is CCCCCCCC/C=C/CCCCCCCCCCCCCCCC(=O)N[C@@H](CO[C@H]1O[C@@H](CO)[C@H](O)C(O)C1O)[C@H](O)/C=C/CCCCCCCCCCCCCCC. The van der Waals surface area contributed by atoms with Crippen LogP contribution in [-0.4, -0.2) is 87.5 Å². The van der Waals surface area contributed by atoms with Gasteiger partial charge >= 0.3 is 0 Å². The monoisotopic (exact) mass is 866 g/mol. The molecule has 1 rings (SSSR count). The topological polar surface area (TPSA) is 149 Å². The lowest BCUT2D eigenvalue weighted by atomic mass is 9.99. The van der Waals surface area contributed by atoms with Crippen LogP contribution < -0.4 is 5.32 Å². The average molecular weight is 866 g/mol. The maximum Gasteiger partial charge on any atom is 0.220 e. The van der Waals surface area contributed by atoms with E-state index in [4.69, 9.17) is 9.47 Å². The van der Waals surface area contributed by atoms with E-state index in [1.807, 2.05) is 6.08 Å². The van der Waals surface area contributed by atoms with Gasteiger partial charge in [-0.25, -0.2) is 0 Å². The number of rotatable bonds is 44. The van der Waals surface area contributed by atoms with Gasteiger partial charge in [-0.1, -0.05) is 218 Å². The first-order valence-electron chi connectivity index (χ1n) is 26.1. The Morgan fingerprint density at radius 3 is 1.33 bits per heavy atom. The van der Waals surface area contributed by atoms with E-state index < -0.39 is 49.5 Å². The number of ether oxygens (including phenoxy) is 2. The van der Waals surface area contributed by atoms with E-state index >= 15 is 0 Å². The van der Waals surface area contributed by atoms with E-state index in [-0.39, 0.29) is 12.5 Å². The third-order valence-corrected chi connectivity index (χ3v) is 12.5. The maximum atomic E-state index is 13.0. The van der Waals surface area contributed by atoms with Crippen molar-refractivity contribution in [3.8, 4) is 0 Å². The van der Waals surface area contributed by atoms with Gasteiger partial charge in [0.05, 0.1) is 25.4 Å². The van der Waals surface area contributed by atoms with Crippen molar-refractivity contribution in [3.05, 3.63) is 24.3 Å². The summed E-state index contributed by atoms with van der Waals surface area (Å²) in [4.78, 5) is 13.0. The van der Waals surface area contributed by atoms with E-state index in [9.17, 15) is 30.3 Å². The summed E-state index contributed by atoms with van der Waals surface area (Å²) in [5.41, 5.74) is 0. The molecule has 0 aromatic heterocycles. The van der Waals surface area contributed by atoms with E-state index in [1.165, 1.54) is 186 Å². The molecule has 9 heteroatoms. The summed E-state index contributed by atoms with van der Waals surface area (Å²) in [6, 6.07) is -0.801. The van der Waals surface area contributed by atoms with Crippen LogP contribution in [0.25, 0.3) is 0 Å². The molecule has 0 aliphatic carbocycles. The molecule has 0 saturated carbocycles. The highest BCUT2D eigenvalue weighted by atomic mass is 16.7. The predicted molar refractivity (Wildman–Crippen MR) is 253 cm³/mol. The summed E-state index contributed by atoms with van der Waals surface area (Å²) >= 11 is 0. The van der Waals surface area contributed by atoms with E-state index in [1.54, 1.807) is 6.08 Å². The number of hydrogen-bond donors (Lipinski definition) is 6. The highest BCUT2D eigenvalue weighted by Gasteiger charge is 2.44. The Hall–Kier alpha value is -1.33. The molecular weight excluding hydrogens is 767 g/mol. The van der Waals surface area contributed by atoms with Crippen LogP contribution in [0.1, 0.15) is 245 Å². The smallest absolute Gasteiger partial charge is 0.220 e. The molecule has 0 aromatic carbocycles. The summed E-state index contributed by atoms with van der Waals surface area (Å²) in [5, 5.41) is 54.3.